The number of hydrogen-bond acceptors (Lipinski definition) is 4. The van der Waals surface area contributed by atoms with E-state index in [4.69, 9.17) is 9.47 Å². The lowest BCUT2D eigenvalue weighted by Crippen LogP contribution is -2.38. The second-order valence-corrected chi connectivity index (χ2v) is 7.73. The zero-order valence-electron chi connectivity index (χ0n) is 18.0. The molecule has 0 bridgehead atoms. The lowest BCUT2D eigenvalue weighted by atomic mass is 10.1. The molecule has 1 aliphatic rings. The molecule has 2 aromatic carbocycles. The van der Waals surface area contributed by atoms with E-state index in [1.54, 1.807) is 6.08 Å². The minimum Gasteiger partial charge on any atom is -0.492 e. The van der Waals surface area contributed by atoms with Gasteiger partial charge >= 0.3 is 0 Å². The van der Waals surface area contributed by atoms with Crippen LogP contribution in [0.1, 0.15) is 30.9 Å². The standard InChI is InChI=1S/C25H32N2O3/c1-20(22-8-4-3-5-9-22)17-25(28)26-19-21-7-6-10-24(18-21)30-16-13-27(2)23-11-14-29-15-12-23/h3-10,17-18,23H,11-16,19H2,1-2H3,(H,26,28)/b20-17-. The van der Waals surface area contributed by atoms with E-state index in [0.29, 0.717) is 19.2 Å². The van der Waals surface area contributed by atoms with Gasteiger partial charge in [-0.3, -0.25) is 9.69 Å². The fourth-order valence-corrected chi connectivity index (χ4v) is 3.58. The third-order valence-electron chi connectivity index (χ3n) is 5.47. The van der Waals surface area contributed by atoms with Crippen LogP contribution in [-0.4, -0.2) is 50.3 Å². The molecule has 5 nitrogen and oxygen atoms in total. The average Bonchev–Trinajstić information content (AvgIpc) is 2.79. The molecule has 5 heteroatoms. The summed E-state index contributed by atoms with van der Waals surface area (Å²) in [6.45, 7) is 5.64. The van der Waals surface area contributed by atoms with Gasteiger partial charge in [-0.2, -0.15) is 0 Å². The Labute approximate surface area is 179 Å². The molecule has 0 aromatic heterocycles. The van der Waals surface area contributed by atoms with Crippen LogP contribution in [0.15, 0.2) is 60.7 Å². The number of nitrogens with one attached hydrogen (secondary N) is 1. The molecule has 0 unspecified atom stereocenters. The maximum Gasteiger partial charge on any atom is 0.244 e. The number of carbonyl (C=O) groups is 1. The summed E-state index contributed by atoms with van der Waals surface area (Å²) in [5.74, 6) is 0.735. The highest BCUT2D eigenvalue weighted by molar-refractivity contribution is 5.94. The smallest absolute Gasteiger partial charge is 0.244 e. The van der Waals surface area contributed by atoms with Crippen LogP contribution in [0.25, 0.3) is 5.57 Å². The quantitative estimate of drug-likeness (QED) is 0.640. The van der Waals surface area contributed by atoms with Crippen molar-refractivity contribution in [3.05, 3.63) is 71.8 Å². The minimum absolute atomic E-state index is 0.0965. The molecule has 1 saturated heterocycles. The van der Waals surface area contributed by atoms with Crippen molar-refractivity contribution in [2.24, 2.45) is 0 Å². The molecule has 0 radical (unpaired) electrons. The van der Waals surface area contributed by atoms with Gasteiger partial charge in [0, 0.05) is 38.4 Å². The maximum atomic E-state index is 12.2. The molecule has 1 fully saturated rings. The molecule has 0 spiro atoms. The molecule has 1 N–H and O–H groups in total. The van der Waals surface area contributed by atoms with E-state index in [1.807, 2.05) is 61.5 Å². The molecule has 2 aromatic rings. The highest BCUT2D eigenvalue weighted by atomic mass is 16.5. The molecule has 160 valence electrons. The van der Waals surface area contributed by atoms with Crippen molar-refractivity contribution in [1.82, 2.24) is 10.2 Å². The van der Waals surface area contributed by atoms with Crippen molar-refractivity contribution in [3.8, 4) is 5.75 Å². The second-order valence-electron chi connectivity index (χ2n) is 7.73. The fraction of sp³-hybridized carbons (Fsp3) is 0.400. The molecule has 1 aliphatic heterocycles. The third-order valence-corrected chi connectivity index (χ3v) is 5.47. The van der Waals surface area contributed by atoms with Gasteiger partial charge < -0.3 is 14.8 Å². The Balaban J connectivity index is 1.44. The largest absolute Gasteiger partial charge is 0.492 e. The number of ether oxygens (including phenoxy) is 2. The van der Waals surface area contributed by atoms with Gasteiger partial charge in [0.1, 0.15) is 12.4 Å². The Morgan fingerprint density at radius 2 is 1.93 bits per heavy atom. The zero-order chi connectivity index (χ0) is 21.2. The summed E-state index contributed by atoms with van der Waals surface area (Å²) >= 11 is 0. The lowest BCUT2D eigenvalue weighted by molar-refractivity contribution is -0.116. The van der Waals surface area contributed by atoms with Crippen molar-refractivity contribution in [1.29, 1.82) is 0 Å². The zero-order valence-corrected chi connectivity index (χ0v) is 18.0. The van der Waals surface area contributed by atoms with Gasteiger partial charge in [0.2, 0.25) is 5.91 Å². The Morgan fingerprint density at radius 1 is 1.17 bits per heavy atom. The molecule has 3 rings (SSSR count). The summed E-state index contributed by atoms with van der Waals surface area (Å²) in [5.41, 5.74) is 3.01. The van der Waals surface area contributed by atoms with E-state index in [-0.39, 0.29) is 5.91 Å². The third kappa shape index (κ3) is 7.01. The molecule has 1 amide bonds. The van der Waals surface area contributed by atoms with Crippen molar-refractivity contribution >= 4 is 11.5 Å². The van der Waals surface area contributed by atoms with Crippen LogP contribution in [0.3, 0.4) is 0 Å². The number of likely N-dealkylation sites (N-methyl/N-ethyl adjacent to an activating group) is 1. The topological polar surface area (TPSA) is 50.8 Å². The summed E-state index contributed by atoms with van der Waals surface area (Å²) in [5, 5.41) is 2.95. The summed E-state index contributed by atoms with van der Waals surface area (Å²) in [6.07, 6.45) is 3.82. The lowest BCUT2D eigenvalue weighted by Gasteiger charge is -2.31. The van der Waals surface area contributed by atoms with Crippen LogP contribution in [0.5, 0.6) is 5.75 Å². The van der Waals surface area contributed by atoms with E-state index in [9.17, 15) is 4.79 Å². The summed E-state index contributed by atoms with van der Waals surface area (Å²) in [6, 6.07) is 18.4. The van der Waals surface area contributed by atoms with E-state index < -0.39 is 0 Å². The van der Waals surface area contributed by atoms with Gasteiger partial charge in [-0.15, -0.1) is 0 Å². The molecule has 0 atom stereocenters. The Hall–Kier alpha value is -2.63. The predicted octanol–water partition coefficient (Wildman–Crippen LogP) is 3.90. The second kappa shape index (κ2) is 11.5. The summed E-state index contributed by atoms with van der Waals surface area (Å²) in [7, 11) is 2.15. The van der Waals surface area contributed by atoms with Gasteiger partial charge in [0.25, 0.3) is 0 Å². The maximum absolute atomic E-state index is 12.2. The molecular weight excluding hydrogens is 376 g/mol. The fourth-order valence-electron chi connectivity index (χ4n) is 3.58. The van der Waals surface area contributed by atoms with Crippen molar-refractivity contribution < 1.29 is 14.3 Å². The highest BCUT2D eigenvalue weighted by Crippen LogP contribution is 2.16. The van der Waals surface area contributed by atoms with Gasteiger partial charge in [-0.1, -0.05) is 42.5 Å². The number of allylic oxidation sites excluding steroid dienone is 1. The first kappa shape index (κ1) is 22.1. The summed E-state index contributed by atoms with van der Waals surface area (Å²) < 4.78 is 11.4. The van der Waals surface area contributed by atoms with Crippen molar-refractivity contribution in [2.75, 3.05) is 33.4 Å². The van der Waals surface area contributed by atoms with E-state index in [2.05, 4.69) is 17.3 Å². The van der Waals surface area contributed by atoms with Crippen LogP contribution in [0.4, 0.5) is 0 Å². The van der Waals surface area contributed by atoms with E-state index in [0.717, 1.165) is 55.0 Å². The molecule has 1 heterocycles. The van der Waals surface area contributed by atoms with E-state index in [1.165, 1.54) is 0 Å². The molecule has 30 heavy (non-hydrogen) atoms. The van der Waals surface area contributed by atoms with Crippen LogP contribution in [0.2, 0.25) is 0 Å². The normalized spacial score (nSPS) is 15.2. The van der Waals surface area contributed by atoms with Crippen LogP contribution in [0, 0.1) is 0 Å². The highest BCUT2D eigenvalue weighted by Gasteiger charge is 2.17. The van der Waals surface area contributed by atoms with E-state index >= 15 is 0 Å². The number of amides is 1. The number of benzene rings is 2. The first-order valence-corrected chi connectivity index (χ1v) is 10.6. The first-order valence-electron chi connectivity index (χ1n) is 10.6. The molecular formula is C25H32N2O3. The molecule has 0 aliphatic carbocycles. The Morgan fingerprint density at radius 3 is 2.70 bits per heavy atom. The monoisotopic (exact) mass is 408 g/mol. The predicted molar refractivity (Wildman–Crippen MR) is 120 cm³/mol. The Kier molecular flexibility index (Phi) is 8.48. The van der Waals surface area contributed by atoms with Gasteiger partial charge in [0.05, 0.1) is 0 Å². The SMILES string of the molecule is C/C(=C/C(=O)NCc1cccc(OCCN(C)C2CCOCC2)c1)c1ccccc1. The number of nitrogens with zero attached hydrogens (tertiary/aromatic N) is 1. The Bertz CT molecular complexity index is 829. The van der Waals surface area contributed by atoms with Crippen LogP contribution < -0.4 is 10.1 Å². The van der Waals surface area contributed by atoms with Crippen LogP contribution in [-0.2, 0) is 16.1 Å². The van der Waals surface area contributed by atoms with Gasteiger partial charge in [-0.05, 0) is 55.6 Å². The van der Waals surface area contributed by atoms with Crippen LogP contribution >= 0.6 is 0 Å². The first-order chi connectivity index (χ1) is 14.6. The van der Waals surface area contributed by atoms with Crippen molar-refractivity contribution in [3.63, 3.8) is 0 Å². The number of hydrogen-bond donors (Lipinski definition) is 1. The average molecular weight is 409 g/mol. The molecule has 0 saturated carbocycles. The number of rotatable bonds is 9. The van der Waals surface area contributed by atoms with Gasteiger partial charge in [-0.25, -0.2) is 0 Å². The summed E-state index contributed by atoms with van der Waals surface area (Å²) in [4.78, 5) is 14.6. The number of carbonyl (C=O) groups excluding carboxylic acids is 1. The van der Waals surface area contributed by atoms with Crippen molar-refractivity contribution in [2.45, 2.75) is 32.4 Å². The minimum atomic E-state index is -0.0965. The van der Waals surface area contributed by atoms with Gasteiger partial charge in [0.15, 0.2) is 0 Å².